The highest BCUT2D eigenvalue weighted by atomic mass is 35.5. The quantitative estimate of drug-likeness (QED) is 0.236. The molecule has 0 spiro atoms. The molecule has 3 atom stereocenters. The average molecular weight is 732 g/mol. The topological polar surface area (TPSA) is 192 Å². The summed E-state index contributed by atoms with van der Waals surface area (Å²) in [4.78, 5) is 72.0. The van der Waals surface area contributed by atoms with Crippen LogP contribution in [-0.4, -0.2) is 87.2 Å². The summed E-state index contributed by atoms with van der Waals surface area (Å²) < 4.78 is 14.8. The zero-order chi connectivity index (χ0) is 37.1. The van der Waals surface area contributed by atoms with Crippen LogP contribution in [-0.2, 0) is 30.4 Å². The number of nitrogens with one attached hydrogen (secondary N) is 1. The van der Waals surface area contributed by atoms with E-state index in [2.05, 4.69) is 10.5 Å². The molecule has 0 aliphatic carbocycles. The van der Waals surface area contributed by atoms with E-state index < -0.39 is 47.8 Å². The normalized spacial score (nSPS) is 18.8. The van der Waals surface area contributed by atoms with E-state index in [4.69, 9.17) is 27.3 Å². The molecule has 3 amide bonds. The number of rotatable bonds is 10. The average Bonchev–Trinajstić information content (AvgIpc) is 3.64. The first-order valence-corrected chi connectivity index (χ1v) is 17.0. The second-order valence-electron chi connectivity index (χ2n) is 12.7. The van der Waals surface area contributed by atoms with Gasteiger partial charge in [-0.2, -0.15) is 0 Å². The number of carbonyl (C=O) groups excluding carboxylic acids is 3. The second-order valence-corrected chi connectivity index (χ2v) is 13.1. The Morgan fingerprint density at radius 3 is 2.42 bits per heavy atom. The zero-order valence-electron chi connectivity index (χ0n) is 27.8. The van der Waals surface area contributed by atoms with Gasteiger partial charge in [-0.15, -0.1) is 0 Å². The lowest BCUT2D eigenvalue weighted by Crippen LogP contribution is -2.49. The van der Waals surface area contributed by atoms with Gasteiger partial charge in [0.15, 0.2) is 5.82 Å². The number of amides is 3. The van der Waals surface area contributed by atoms with Crippen LogP contribution in [0.3, 0.4) is 0 Å². The van der Waals surface area contributed by atoms with Crippen LogP contribution >= 0.6 is 11.6 Å². The van der Waals surface area contributed by atoms with Crippen molar-refractivity contribution in [3.8, 4) is 0 Å². The first-order valence-electron chi connectivity index (χ1n) is 16.6. The molecule has 15 heteroatoms. The van der Waals surface area contributed by atoms with E-state index in [0.717, 1.165) is 16.7 Å². The van der Waals surface area contributed by atoms with Gasteiger partial charge in [0.1, 0.15) is 12.1 Å². The molecule has 0 fully saturated rings. The number of carboxylic acid groups (broad SMARTS) is 2. The predicted molar refractivity (Wildman–Crippen MR) is 188 cm³/mol. The van der Waals surface area contributed by atoms with Crippen LogP contribution in [0.4, 0.5) is 10.1 Å². The van der Waals surface area contributed by atoms with E-state index in [1.54, 1.807) is 23.1 Å². The molecule has 3 aromatic carbocycles. The molecule has 3 aliphatic rings. The molecule has 0 radical (unpaired) electrons. The molecular formula is C37H35ClFN5O8. The summed E-state index contributed by atoms with van der Waals surface area (Å²) in [7, 11) is 0. The third-order valence-electron chi connectivity index (χ3n) is 9.45. The van der Waals surface area contributed by atoms with Crippen molar-refractivity contribution in [3.63, 3.8) is 0 Å². The molecule has 3 aromatic rings. The number of carbonyl (C=O) groups is 5. The monoisotopic (exact) mass is 731 g/mol. The van der Waals surface area contributed by atoms with Crippen LogP contribution < -0.4 is 11.1 Å². The third-order valence-corrected chi connectivity index (χ3v) is 9.74. The molecule has 0 saturated heterocycles. The summed E-state index contributed by atoms with van der Waals surface area (Å²) in [5.74, 6) is -4.21. The van der Waals surface area contributed by atoms with E-state index in [0.29, 0.717) is 37.2 Å². The van der Waals surface area contributed by atoms with Gasteiger partial charge in [0, 0.05) is 43.7 Å². The lowest BCUT2D eigenvalue weighted by atomic mass is 9.84. The Bertz CT molecular complexity index is 2000. The first kappa shape index (κ1) is 36.2. The molecule has 0 saturated carbocycles. The summed E-state index contributed by atoms with van der Waals surface area (Å²) in [5, 5.41) is 25.0. The minimum atomic E-state index is -1.16. The van der Waals surface area contributed by atoms with Crippen LogP contribution in [0.5, 0.6) is 0 Å². The molecule has 6 rings (SSSR count). The Balaban J connectivity index is 1.26. The number of aromatic carboxylic acids is 1. The number of benzene rings is 3. The molecule has 52 heavy (non-hydrogen) atoms. The van der Waals surface area contributed by atoms with Crippen molar-refractivity contribution in [1.29, 1.82) is 0 Å². The van der Waals surface area contributed by atoms with Gasteiger partial charge in [0.2, 0.25) is 12.0 Å². The highest BCUT2D eigenvalue weighted by Crippen LogP contribution is 2.38. The Kier molecular flexibility index (Phi) is 10.7. The van der Waals surface area contributed by atoms with Crippen LogP contribution in [0.15, 0.2) is 71.9 Å². The summed E-state index contributed by atoms with van der Waals surface area (Å²) >= 11 is 5.96. The van der Waals surface area contributed by atoms with Crippen molar-refractivity contribution in [2.24, 2.45) is 10.9 Å². The predicted octanol–water partition coefficient (Wildman–Crippen LogP) is 4.24. The fourth-order valence-electron chi connectivity index (χ4n) is 6.68. The van der Waals surface area contributed by atoms with E-state index in [-0.39, 0.29) is 53.6 Å². The Morgan fingerprint density at radius 1 is 1.00 bits per heavy atom. The lowest BCUT2D eigenvalue weighted by Gasteiger charge is -2.38. The van der Waals surface area contributed by atoms with Gasteiger partial charge in [-0.05, 0) is 77.9 Å². The summed E-state index contributed by atoms with van der Waals surface area (Å²) in [6.07, 6.45) is 1.72. The first-order chi connectivity index (χ1) is 24.9. The number of hydrogen-bond acceptors (Lipinski definition) is 8. The SMILES string of the molecule is N[C@@H](CCC(=O)N1CC=C(c2cccc3c2CCN(C(=O)C2CC(c4cccc(Cl)c4F)=NO2)[C@@H]3C(=O)Nc2ccc(C(=O)O)cc2)CC1)C(=O)O. The van der Waals surface area contributed by atoms with Crippen LogP contribution in [0.25, 0.3) is 5.57 Å². The summed E-state index contributed by atoms with van der Waals surface area (Å²) in [6, 6.07) is 13.4. The number of halogens is 2. The van der Waals surface area contributed by atoms with Crippen LogP contribution in [0.1, 0.15) is 64.3 Å². The molecule has 1 unspecified atom stereocenters. The van der Waals surface area contributed by atoms with Crippen LogP contribution in [0.2, 0.25) is 5.02 Å². The Morgan fingerprint density at radius 2 is 1.73 bits per heavy atom. The highest BCUT2D eigenvalue weighted by Gasteiger charge is 2.42. The molecule has 3 aliphatic heterocycles. The standard InChI is InChI=1S/C37H35ClFN5O8/c38-27-6-2-5-26(32(27)39)29-19-30(52-42-29)35(47)44-18-15-24-23(20-13-16-43(17-14-20)31(45)12-11-28(40)37(50)51)3-1-4-25(24)33(44)34(46)41-22-9-7-21(8-10-22)36(48)49/h1-10,13,28,30,33H,11-12,14-19,40H2,(H,41,46)(H,48,49)(H,50,51)/t28-,30?,33-/m0/s1. The van der Waals surface area contributed by atoms with Gasteiger partial charge in [-0.1, -0.05) is 47.1 Å². The molecule has 0 aromatic heterocycles. The molecule has 5 N–H and O–H groups in total. The highest BCUT2D eigenvalue weighted by molar-refractivity contribution is 6.31. The van der Waals surface area contributed by atoms with Crippen molar-refractivity contribution >= 4 is 58.2 Å². The number of fused-ring (bicyclic) bond motifs is 1. The number of nitrogens with two attached hydrogens (primary N) is 1. The molecule has 270 valence electrons. The number of nitrogens with zero attached hydrogens (tertiary/aromatic N) is 3. The molecule has 13 nitrogen and oxygen atoms in total. The second kappa shape index (κ2) is 15.3. The van der Waals surface area contributed by atoms with E-state index in [9.17, 15) is 33.5 Å². The lowest BCUT2D eigenvalue weighted by molar-refractivity contribution is -0.148. The van der Waals surface area contributed by atoms with Gasteiger partial charge in [-0.3, -0.25) is 19.2 Å². The van der Waals surface area contributed by atoms with Crippen LogP contribution in [0, 0.1) is 5.82 Å². The van der Waals surface area contributed by atoms with Crippen molar-refractivity contribution < 1.29 is 43.4 Å². The fourth-order valence-corrected chi connectivity index (χ4v) is 6.85. The van der Waals surface area contributed by atoms with Gasteiger partial charge < -0.3 is 35.9 Å². The van der Waals surface area contributed by atoms with E-state index in [1.165, 1.54) is 41.3 Å². The van der Waals surface area contributed by atoms with Crippen molar-refractivity contribution in [2.75, 3.05) is 25.0 Å². The number of carboxylic acids is 2. The van der Waals surface area contributed by atoms with E-state index >= 15 is 0 Å². The van der Waals surface area contributed by atoms with Gasteiger partial charge in [0.25, 0.3) is 11.8 Å². The largest absolute Gasteiger partial charge is 0.480 e. The number of anilines is 1. The number of hydrogen-bond donors (Lipinski definition) is 4. The fraction of sp³-hybridized carbons (Fsp3) is 0.297. The summed E-state index contributed by atoms with van der Waals surface area (Å²) in [6.45, 7) is 0.864. The van der Waals surface area contributed by atoms with Gasteiger partial charge in [-0.25, -0.2) is 9.18 Å². The minimum Gasteiger partial charge on any atom is -0.480 e. The van der Waals surface area contributed by atoms with Crippen molar-refractivity contribution in [3.05, 3.63) is 105 Å². The minimum absolute atomic E-state index is 0.0162. The van der Waals surface area contributed by atoms with Crippen molar-refractivity contribution in [1.82, 2.24) is 9.80 Å². The Labute approximate surface area is 302 Å². The maximum absolute atomic E-state index is 14.8. The maximum Gasteiger partial charge on any atom is 0.335 e. The summed E-state index contributed by atoms with van der Waals surface area (Å²) in [5.41, 5.74) is 9.54. The third kappa shape index (κ3) is 7.53. The van der Waals surface area contributed by atoms with Gasteiger partial charge >= 0.3 is 11.9 Å². The number of oxime groups is 1. The smallest absolute Gasteiger partial charge is 0.335 e. The van der Waals surface area contributed by atoms with Gasteiger partial charge in [0.05, 0.1) is 16.3 Å². The molecule has 3 heterocycles. The maximum atomic E-state index is 14.8. The molecule has 0 bridgehead atoms. The van der Waals surface area contributed by atoms with Crippen molar-refractivity contribution in [2.45, 2.75) is 50.3 Å². The number of aliphatic carboxylic acids is 1. The molecular weight excluding hydrogens is 697 g/mol. The Hall–Kier alpha value is -5.60. The van der Waals surface area contributed by atoms with E-state index in [1.807, 2.05) is 12.1 Å². The zero-order valence-corrected chi connectivity index (χ0v) is 28.5.